The number of rotatable bonds is 9. The molecule has 0 aliphatic carbocycles. The average Bonchev–Trinajstić information content (AvgIpc) is 2.62. The van der Waals surface area contributed by atoms with E-state index in [4.69, 9.17) is 14.2 Å². The summed E-state index contributed by atoms with van der Waals surface area (Å²) in [6, 6.07) is 7.64. The lowest BCUT2D eigenvalue weighted by atomic mass is 10.1. The smallest absolute Gasteiger partial charge is 0.297 e. The first kappa shape index (κ1) is 18.6. The van der Waals surface area contributed by atoms with Crippen LogP contribution in [-0.2, 0) is 15.9 Å². The maximum Gasteiger partial charge on any atom is 0.297 e. The molecular formula is C17H20N2O6. The minimum Gasteiger partial charge on any atom is -0.462 e. The molecule has 0 aliphatic rings. The van der Waals surface area contributed by atoms with Crippen LogP contribution in [0.25, 0.3) is 5.69 Å². The molecule has 1 heterocycles. The number of hydrogen-bond acceptors (Lipinski definition) is 6. The summed E-state index contributed by atoms with van der Waals surface area (Å²) in [5.74, 6) is 0.139. The number of methoxy groups -OCH3 is 1. The highest BCUT2D eigenvalue weighted by Gasteiger charge is 2.13. The van der Waals surface area contributed by atoms with Crippen LogP contribution in [0.15, 0.2) is 41.3 Å². The summed E-state index contributed by atoms with van der Waals surface area (Å²) in [6.45, 7) is 2.60. The number of ether oxygens (including phenoxy) is 3. The molecule has 1 aromatic heterocycles. The summed E-state index contributed by atoms with van der Waals surface area (Å²) in [6.07, 6.45) is 2.15. The zero-order chi connectivity index (χ0) is 18.2. The van der Waals surface area contributed by atoms with Gasteiger partial charge in [0.15, 0.2) is 12.5 Å². The molecule has 0 fully saturated rings. The Morgan fingerprint density at radius 3 is 2.72 bits per heavy atom. The molecule has 0 atom stereocenters. The first-order valence-electron chi connectivity index (χ1n) is 7.77. The van der Waals surface area contributed by atoms with Crippen LogP contribution >= 0.6 is 0 Å². The minimum atomic E-state index is -0.456. The van der Waals surface area contributed by atoms with E-state index in [-0.39, 0.29) is 23.8 Å². The van der Waals surface area contributed by atoms with E-state index >= 15 is 0 Å². The van der Waals surface area contributed by atoms with Crippen LogP contribution in [0.1, 0.15) is 12.5 Å². The Morgan fingerprint density at radius 2 is 2.04 bits per heavy atom. The van der Waals surface area contributed by atoms with Crippen molar-refractivity contribution in [1.29, 1.82) is 0 Å². The zero-order valence-corrected chi connectivity index (χ0v) is 14.1. The fraction of sp³-hybridized carbons (Fsp3) is 0.353. The fourth-order valence-electron chi connectivity index (χ4n) is 2.28. The van der Waals surface area contributed by atoms with Crippen molar-refractivity contribution in [1.82, 2.24) is 4.57 Å². The Balaban J connectivity index is 2.27. The molecule has 0 saturated carbocycles. The van der Waals surface area contributed by atoms with E-state index in [1.54, 1.807) is 31.5 Å². The van der Waals surface area contributed by atoms with Gasteiger partial charge in [0.05, 0.1) is 23.8 Å². The van der Waals surface area contributed by atoms with E-state index in [1.165, 1.54) is 16.7 Å². The molecule has 8 heteroatoms. The minimum absolute atomic E-state index is 0.00685. The maximum absolute atomic E-state index is 12.6. The SMILES string of the molecule is CCc1cc([N+](=O)[O-])ccc1-n1cccc(OCOCCOC)c1=O. The van der Waals surface area contributed by atoms with Gasteiger partial charge in [0.25, 0.3) is 11.2 Å². The molecule has 0 spiro atoms. The molecule has 134 valence electrons. The van der Waals surface area contributed by atoms with Crippen LogP contribution in [-0.4, -0.2) is 36.6 Å². The van der Waals surface area contributed by atoms with Crippen molar-refractivity contribution in [3.8, 4) is 11.4 Å². The molecule has 1 aromatic carbocycles. The number of nitrogens with zero attached hydrogens (tertiary/aromatic N) is 2. The van der Waals surface area contributed by atoms with Crippen LogP contribution in [0.3, 0.4) is 0 Å². The van der Waals surface area contributed by atoms with Crippen molar-refractivity contribution < 1.29 is 19.1 Å². The molecule has 0 saturated heterocycles. The fourth-order valence-corrected chi connectivity index (χ4v) is 2.28. The summed E-state index contributed by atoms with van der Waals surface area (Å²) < 4.78 is 16.8. The number of hydrogen-bond donors (Lipinski definition) is 0. The van der Waals surface area contributed by atoms with Gasteiger partial charge < -0.3 is 14.2 Å². The van der Waals surface area contributed by atoms with E-state index in [2.05, 4.69) is 0 Å². The maximum atomic E-state index is 12.6. The highest BCUT2D eigenvalue weighted by atomic mass is 16.7. The van der Waals surface area contributed by atoms with Crippen molar-refractivity contribution in [2.75, 3.05) is 27.1 Å². The lowest BCUT2D eigenvalue weighted by molar-refractivity contribution is -0.384. The molecule has 2 rings (SSSR count). The molecule has 8 nitrogen and oxygen atoms in total. The number of nitro benzene ring substituents is 1. The molecule has 0 N–H and O–H groups in total. The molecular weight excluding hydrogens is 328 g/mol. The molecule has 0 unspecified atom stereocenters. The summed E-state index contributed by atoms with van der Waals surface area (Å²) in [5.41, 5.74) is 0.919. The number of benzene rings is 1. The summed E-state index contributed by atoms with van der Waals surface area (Å²) in [5, 5.41) is 10.9. The van der Waals surface area contributed by atoms with Crippen LogP contribution in [0.5, 0.6) is 5.75 Å². The Bertz CT molecular complexity index is 787. The van der Waals surface area contributed by atoms with Crippen molar-refractivity contribution in [2.24, 2.45) is 0 Å². The summed E-state index contributed by atoms with van der Waals surface area (Å²) in [7, 11) is 1.57. The van der Waals surface area contributed by atoms with Crippen LogP contribution in [0, 0.1) is 10.1 Å². The van der Waals surface area contributed by atoms with Gasteiger partial charge in [-0.2, -0.15) is 0 Å². The molecule has 0 aliphatic heterocycles. The molecule has 2 aromatic rings. The van der Waals surface area contributed by atoms with Gasteiger partial charge in [-0.05, 0) is 30.2 Å². The Hall–Kier alpha value is -2.71. The van der Waals surface area contributed by atoms with E-state index in [0.717, 1.165) is 0 Å². The van der Waals surface area contributed by atoms with Gasteiger partial charge in [0.1, 0.15) is 0 Å². The molecule has 0 radical (unpaired) electrons. The Kier molecular flexibility index (Phi) is 6.67. The van der Waals surface area contributed by atoms with Crippen molar-refractivity contribution in [3.63, 3.8) is 0 Å². The average molecular weight is 348 g/mol. The van der Waals surface area contributed by atoms with Crippen LogP contribution < -0.4 is 10.3 Å². The normalized spacial score (nSPS) is 10.6. The topological polar surface area (TPSA) is 92.8 Å². The van der Waals surface area contributed by atoms with Gasteiger partial charge in [-0.25, -0.2) is 0 Å². The standard InChI is InChI=1S/C17H20N2O6/c1-3-13-11-14(19(21)22)6-7-15(13)18-8-4-5-16(17(18)20)25-12-24-10-9-23-2/h4-8,11H,3,9-10,12H2,1-2H3. The third-order valence-corrected chi connectivity index (χ3v) is 3.56. The first-order chi connectivity index (χ1) is 12.1. The number of aromatic nitrogens is 1. The van der Waals surface area contributed by atoms with Gasteiger partial charge in [0.2, 0.25) is 0 Å². The number of pyridine rings is 1. The lowest BCUT2D eigenvalue weighted by Crippen LogP contribution is -2.22. The van der Waals surface area contributed by atoms with E-state index in [9.17, 15) is 14.9 Å². The predicted molar refractivity (Wildman–Crippen MR) is 91.4 cm³/mol. The van der Waals surface area contributed by atoms with Gasteiger partial charge in [-0.1, -0.05) is 6.92 Å². The van der Waals surface area contributed by atoms with Crippen molar-refractivity contribution >= 4 is 5.69 Å². The van der Waals surface area contributed by atoms with Crippen LogP contribution in [0.2, 0.25) is 0 Å². The highest BCUT2D eigenvalue weighted by molar-refractivity contribution is 5.49. The lowest BCUT2D eigenvalue weighted by Gasteiger charge is -2.12. The van der Waals surface area contributed by atoms with Gasteiger partial charge in [0, 0.05) is 25.4 Å². The molecule has 25 heavy (non-hydrogen) atoms. The number of nitro groups is 1. The summed E-state index contributed by atoms with van der Waals surface area (Å²) >= 11 is 0. The largest absolute Gasteiger partial charge is 0.462 e. The second-order valence-electron chi connectivity index (χ2n) is 5.13. The Labute approximate surface area is 144 Å². The van der Waals surface area contributed by atoms with Gasteiger partial charge in [-0.3, -0.25) is 19.5 Å². The van der Waals surface area contributed by atoms with Crippen molar-refractivity contribution in [2.45, 2.75) is 13.3 Å². The number of aryl methyl sites for hydroxylation is 1. The third kappa shape index (κ3) is 4.65. The second-order valence-corrected chi connectivity index (χ2v) is 5.13. The zero-order valence-electron chi connectivity index (χ0n) is 14.1. The second kappa shape index (κ2) is 8.95. The highest BCUT2D eigenvalue weighted by Crippen LogP contribution is 2.21. The van der Waals surface area contributed by atoms with Gasteiger partial charge >= 0.3 is 0 Å². The van der Waals surface area contributed by atoms with Crippen LogP contribution in [0.4, 0.5) is 5.69 Å². The van der Waals surface area contributed by atoms with E-state index in [0.29, 0.717) is 30.9 Å². The van der Waals surface area contributed by atoms with E-state index in [1.807, 2.05) is 6.92 Å². The number of non-ortho nitro benzene ring substituents is 1. The predicted octanol–water partition coefficient (Wildman–Crippen LogP) is 2.31. The van der Waals surface area contributed by atoms with E-state index < -0.39 is 4.92 Å². The summed E-state index contributed by atoms with van der Waals surface area (Å²) in [4.78, 5) is 23.1. The van der Waals surface area contributed by atoms with Crippen molar-refractivity contribution in [3.05, 3.63) is 62.6 Å². The monoisotopic (exact) mass is 348 g/mol. The van der Waals surface area contributed by atoms with Gasteiger partial charge in [-0.15, -0.1) is 0 Å². The molecule has 0 bridgehead atoms. The quantitative estimate of drug-likeness (QED) is 0.299. The Morgan fingerprint density at radius 1 is 1.24 bits per heavy atom. The third-order valence-electron chi connectivity index (χ3n) is 3.56. The molecule has 0 amide bonds. The first-order valence-corrected chi connectivity index (χ1v) is 7.77.